The van der Waals surface area contributed by atoms with Crippen molar-refractivity contribution in [2.24, 2.45) is 5.41 Å². The minimum absolute atomic E-state index is 0.206. The molecule has 102 valence electrons. The molecule has 0 spiro atoms. The molecule has 2 unspecified atom stereocenters. The number of hydrogen-bond donors (Lipinski definition) is 1. The van der Waals surface area contributed by atoms with E-state index in [1.807, 2.05) is 23.0 Å². The second-order valence-electron chi connectivity index (χ2n) is 5.92. The maximum absolute atomic E-state index is 5.48. The van der Waals surface area contributed by atoms with Crippen molar-refractivity contribution in [1.82, 2.24) is 14.9 Å². The normalized spacial score (nSPS) is 25.4. The standard InChI is InChI=1S/C15H21N3O/c1-15(2)13(8-14(15)19-3)16-9-11-10-17-18-7-5-4-6-12(11)18/h4-7,10,13-14,16H,8-9H2,1-3H3. The third-order valence-electron chi connectivity index (χ3n) is 4.51. The summed E-state index contributed by atoms with van der Waals surface area (Å²) in [6, 6.07) is 6.66. The van der Waals surface area contributed by atoms with Gasteiger partial charge in [-0.3, -0.25) is 0 Å². The van der Waals surface area contributed by atoms with Crippen molar-refractivity contribution in [3.63, 3.8) is 0 Å². The Morgan fingerprint density at radius 3 is 3.05 bits per heavy atom. The van der Waals surface area contributed by atoms with E-state index in [1.165, 1.54) is 11.1 Å². The van der Waals surface area contributed by atoms with Crippen molar-refractivity contribution in [1.29, 1.82) is 0 Å². The van der Waals surface area contributed by atoms with Gasteiger partial charge in [-0.1, -0.05) is 19.9 Å². The van der Waals surface area contributed by atoms with E-state index in [-0.39, 0.29) is 5.41 Å². The van der Waals surface area contributed by atoms with Crippen LogP contribution in [0.25, 0.3) is 5.52 Å². The zero-order chi connectivity index (χ0) is 13.5. The zero-order valence-electron chi connectivity index (χ0n) is 11.8. The number of fused-ring (bicyclic) bond motifs is 1. The summed E-state index contributed by atoms with van der Waals surface area (Å²) in [6.07, 6.45) is 5.38. The summed E-state index contributed by atoms with van der Waals surface area (Å²) in [5.41, 5.74) is 2.63. The number of hydrogen-bond acceptors (Lipinski definition) is 3. The smallest absolute Gasteiger partial charge is 0.0706 e. The van der Waals surface area contributed by atoms with Gasteiger partial charge in [0.1, 0.15) is 0 Å². The minimum atomic E-state index is 0.206. The first kappa shape index (κ1) is 12.6. The average Bonchev–Trinajstić information content (AvgIpc) is 2.81. The summed E-state index contributed by atoms with van der Waals surface area (Å²) < 4.78 is 7.40. The Morgan fingerprint density at radius 2 is 2.32 bits per heavy atom. The third kappa shape index (κ3) is 2.05. The van der Waals surface area contributed by atoms with E-state index in [0.717, 1.165) is 13.0 Å². The number of rotatable bonds is 4. The van der Waals surface area contributed by atoms with Gasteiger partial charge in [-0.25, -0.2) is 4.52 Å². The fraction of sp³-hybridized carbons (Fsp3) is 0.533. The molecule has 0 aromatic carbocycles. The Kier molecular flexibility index (Phi) is 3.07. The lowest BCUT2D eigenvalue weighted by Crippen LogP contribution is -2.60. The summed E-state index contributed by atoms with van der Waals surface area (Å²) in [5.74, 6) is 0. The molecule has 19 heavy (non-hydrogen) atoms. The summed E-state index contributed by atoms with van der Waals surface area (Å²) in [6.45, 7) is 5.38. The number of aromatic nitrogens is 2. The highest BCUT2D eigenvalue weighted by Crippen LogP contribution is 2.42. The Morgan fingerprint density at radius 1 is 1.47 bits per heavy atom. The maximum Gasteiger partial charge on any atom is 0.0706 e. The molecular weight excluding hydrogens is 238 g/mol. The molecule has 0 radical (unpaired) electrons. The highest BCUT2D eigenvalue weighted by molar-refractivity contribution is 5.53. The molecule has 0 amide bonds. The molecule has 2 atom stereocenters. The van der Waals surface area contributed by atoms with Crippen molar-refractivity contribution >= 4 is 5.52 Å². The van der Waals surface area contributed by atoms with Gasteiger partial charge in [0, 0.05) is 36.9 Å². The van der Waals surface area contributed by atoms with E-state index in [0.29, 0.717) is 12.1 Å². The lowest BCUT2D eigenvalue weighted by molar-refractivity contribution is -0.0978. The first-order chi connectivity index (χ1) is 9.13. The molecular formula is C15H21N3O. The maximum atomic E-state index is 5.48. The Hall–Kier alpha value is -1.39. The van der Waals surface area contributed by atoms with Gasteiger partial charge in [0.2, 0.25) is 0 Å². The number of nitrogens with zero attached hydrogens (tertiary/aromatic N) is 2. The van der Waals surface area contributed by atoms with Gasteiger partial charge in [0.15, 0.2) is 0 Å². The summed E-state index contributed by atoms with van der Waals surface area (Å²) >= 11 is 0. The average molecular weight is 259 g/mol. The van der Waals surface area contributed by atoms with E-state index in [4.69, 9.17) is 4.74 Å². The van der Waals surface area contributed by atoms with Gasteiger partial charge in [-0.15, -0.1) is 0 Å². The van der Waals surface area contributed by atoms with Gasteiger partial charge in [0.05, 0.1) is 17.8 Å². The van der Waals surface area contributed by atoms with E-state index < -0.39 is 0 Å². The van der Waals surface area contributed by atoms with Crippen molar-refractivity contribution in [2.75, 3.05) is 7.11 Å². The second-order valence-corrected chi connectivity index (χ2v) is 5.92. The predicted molar refractivity (Wildman–Crippen MR) is 75.0 cm³/mol. The Balaban J connectivity index is 1.68. The number of ether oxygens (including phenoxy) is 1. The lowest BCUT2D eigenvalue weighted by Gasteiger charge is -2.51. The van der Waals surface area contributed by atoms with Gasteiger partial charge >= 0.3 is 0 Å². The number of pyridine rings is 1. The molecule has 4 nitrogen and oxygen atoms in total. The molecule has 1 aliphatic rings. The van der Waals surface area contributed by atoms with E-state index >= 15 is 0 Å². The molecule has 1 aliphatic carbocycles. The van der Waals surface area contributed by atoms with Crippen LogP contribution >= 0.6 is 0 Å². The van der Waals surface area contributed by atoms with Crippen LogP contribution in [0.3, 0.4) is 0 Å². The van der Waals surface area contributed by atoms with Crippen LogP contribution in [0.5, 0.6) is 0 Å². The molecule has 3 rings (SSSR count). The van der Waals surface area contributed by atoms with Crippen LogP contribution in [-0.2, 0) is 11.3 Å². The summed E-state index contributed by atoms with van der Waals surface area (Å²) in [4.78, 5) is 0. The molecule has 0 bridgehead atoms. The highest BCUT2D eigenvalue weighted by atomic mass is 16.5. The minimum Gasteiger partial charge on any atom is -0.381 e. The first-order valence-corrected chi connectivity index (χ1v) is 6.80. The fourth-order valence-electron chi connectivity index (χ4n) is 2.99. The lowest BCUT2D eigenvalue weighted by atomic mass is 9.64. The van der Waals surface area contributed by atoms with Crippen LogP contribution in [-0.4, -0.2) is 28.9 Å². The van der Waals surface area contributed by atoms with Gasteiger partial charge in [-0.2, -0.15) is 5.10 Å². The van der Waals surface area contributed by atoms with Crippen LogP contribution in [0.4, 0.5) is 0 Å². The molecule has 2 heterocycles. The zero-order valence-corrected chi connectivity index (χ0v) is 11.8. The molecule has 2 aromatic rings. The van der Waals surface area contributed by atoms with Crippen molar-refractivity contribution < 1.29 is 4.74 Å². The van der Waals surface area contributed by atoms with Crippen LogP contribution in [0.15, 0.2) is 30.6 Å². The van der Waals surface area contributed by atoms with Crippen LogP contribution in [0, 0.1) is 5.41 Å². The molecule has 2 aromatic heterocycles. The number of nitrogens with one attached hydrogen (secondary N) is 1. The van der Waals surface area contributed by atoms with Crippen LogP contribution in [0.2, 0.25) is 0 Å². The third-order valence-corrected chi connectivity index (χ3v) is 4.51. The molecule has 1 N–H and O–H groups in total. The van der Waals surface area contributed by atoms with Crippen LogP contribution in [0.1, 0.15) is 25.8 Å². The monoisotopic (exact) mass is 259 g/mol. The quantitative estimate of drug-likeness (QED) is 0.915. The number of methoxy groups -OCH3 is 1. The fourth-order valence-corrected chi connectivity index (χ4v) is 2.99. The van der Waals surface area contributed by atoms with Crippen molar-refractivity contribution in [3.05, 3.63) is 36.2 Å². The van der Waals surface area contributed by atoms with Crippen molar-refractivity contribution in [3.8, 4) is 0 Å². The second kappa shape index (κ2) is 4.62. The first-order valence-electron chi connectivity index (χ1n) is 6.80. The Bertz CT molecular complexity index is 576. The predicted octanol–water partition coefficient (Wildman–Crippen LogP) is 2.24. The SMILES string of the molecule is COC1CC(NCc2cnn3ccccc23)C1(C)C. The molecule has 0 saturated heterocycles. The summed E-state index contributed by atoms with van der Waals surface area (Å²) in [7, 11) is 1.80. The van der Waals surface area contributed by atoms with Crippen LogP contribution < -0.4 is 5.32 Å². The van der Waals surface area contributed by atoms with E-state index in [9.17, 15) is 0 Å². The molecule has 1 fully saturated rings. The molecule has 4 heteroatoms. The topological polar surface area (TPSA) is 38.6 Å². The van der Waals surface area contributed by atoms with E-state index in [2.05, 4.69) is 36.4 Å². The highest BCUT2D eigenvalue weighted by Gasteiger charge is 2.48. The van der Waals surface area contributed by atoms with Gasteiger partial charge in [0.25, 0.3) is 0 Å². The Labute approximate surface area is 113 Å². The largest absolute Gasteiger partial charge is 0.381 e. The summed E-state index contributed by atoms with van der Waals surface area (Å²) in [5, 5.41) is 7.99. The molecule has 1 saturated carbocycles. The molecule has 0 aliphatic heterocycles. The van der Waals surface area contributed by atoms with E-state index in [1.54, 1.807) is 7.11 Å². The van der Waals surface area contributed by atoms with Crippen molar-refractivity contribution in [2.45, 2.75) is 39.0 Å². The van der Waals surface area contributed by atoms with Gasteiger partial charge in [-0.05, 0) is 18.6 Å². The van der Waals surface area contributed by atoms with Gasteiger partial charge < -0.3 is 10.1 Å².